The minimum absolute atomic E-state index is 0.135. The molecular weight excluding hydrogens is 252 g/mol. The Bertz CT molecular complexity index is 533. The highest BCUT2D eigenvalue weighted by atomic mass is 16.5. The van der Waals surface area contributed by atoms with Crippen LogP contribution in [-0.4, -0.2) is 31.1 Å². The molecule has 0 amide bonds. The maximum atomic E-state index is 12.1. The summed E-state index contributed by atoms with van der Waals surface area (Å²) in [7, 11) is 1.40. The third-order valence-corrected chi connectivity index (χ3v) is 3.68. The molecular formula is C16H18N2O2. The highest BCUT2D eigenvalue weighted by Gasteiger charge is 2.35. The highest BCUT2D eigenvalue weighted by molar-refractivity contribution is 5.77. The largest absolute Gasteiger partial charge is 0.468 e. The van der Waals surface area contributed by atoms with Crippen LogP contribution in [0.15, 0.2) is 42.5 Å². The number of nitrogens with zero attached hydrogens (tertiary/aromatic N) is 2. The van der Waals surface area contributed by atoms with Crippen molar-refractivity contribution in [3.05, 3.63) is 48.0 Å². The second kappa shape index (κ2) is 6.36. The molecule has 0 radical (unpaired) electrons. The van der Waals surface area contributed by atoms with E-state index in [-0.39, 0.29) is 11.9 Å². The van der Waals surface area contributed by atoms with Gasteiger partial charge in [-0.2, -0.15) is 5.26 Å². The molecule has 20 heavy (non-hydrogen) atoms. The molecule has 1 aliphatic heterocycles. The summed E-state index contributed by atoms with van der Waals surface area (Å²) in [5, 5.41) is 8.84. The molecule has 1 aromatic carbocycles. The molecule has 4 nitrogen and oxygen atoms in total. The number of hydrogen-bond donors (Lipinski definition) is 0. The van der Waals surface area contributed by atoms with Crippen LogP contribution >= 0.6 is 0 Å². The Labute approximate surface area is 119 Å². The molecule has 1 fully saturated rings. The molecule has 0 aromatic heterocycles. The summed E-state index contributed by atoms with van der Waals surface area (Å²) in [6.07, 6.45) is 0.442. The van der Waals surface area contributed by atoms with Gasteiger partial charge in [-0.1, -0.05) is 42.5 Å². The third kappa shape index (κ3) is 2.89. The van der Waals surface area contributed by atoms with Crippen LogP contribution in [0.4, 0.5) is 0 Å². The van der Waals surface area contributed by atoms with Crippen molar-refractivity contribution >= 4 is 5.97 Å². The molecule has 2 atom stereocenters. The first-order valence-electron chi connectivity index (χ1n) is 6.58. The lowest BCUT2D eigenvalue weighted by atomic mass is 10.0. The number of rotatable bonds is 4. The van der Waals surface area contributed by atoms with Gasteiger partial charge in [-0.3, -0.25) is 4.90 Å². The van der Waals surface area contributed by atoms with Crippen molar-refractivity contribution in [2.24, 2.45) is 5.92 Å². The van der Waals surface area contributed by atoms with Crippen LogP contribution in [0, 0.1) is 17.2 Å². The Morgan fingerprint density at radius 1 is 1.55 bits per heavy atom. The topological polar surface area (TPSA) is 53.3 Å². The van der Waals surface area contributed by atoms with E-state index in [0.29, 0.717) is 19.5 Å². The second-order valence-electron chi connectivity index (χ2n) is 4.98. The van der Waals surface area contributed by atoms with Crippen molar-refractivity contribution in [1.29, 1.82) is 5.26 Å². The number of carbonyl (C=O) groups excluding carboxylic acids is 1. The standard InChI is InChI=1S/C16H18N2O2/c1-12-10-18(11-14(12)8-9-17)15(16(19)20-2)13-6-4-3-5-7-13/h3-7,14-15H,1,8,10-11H2,2H3/t14-,15-/m1/s1. The average Bonchev–Trinajstić information content (AvgIpc) is 2.81. The van der Waals surface area contributed by atoms with E-state index in [9.17, 15) is 4.79 Å². The Kier molecular flexibility index (Phi) is 4.54. The minimum atomic E-state index is -0.429. The molecule has 0 saturated carbocycles. The lowest BCUT2D eigenvalue weighted by Crippen LogP contribution is -2.33. The van der Waals surface area contributed by atoms with Crippen LogP contribution in [0.5, 0.6) is 0 Å². The number of ether oxygens (including phenoxy) is 1. The van der Waals surface area contributed by atoms with Crippen LogP contribution in [0.25, 0.3) is 0 Å². The van der Waals surface area contributed by atoms with Gasteiger partial charge in [0.25, 0.3) is 0 Å². The summed E-state index contributed by atoms with van der Waals surface area (Å²) in [5.41, 5.74) is 1.92. The zero-order valence-electron chi connectivity index (χ0n) is 11.6. The number of esters is 1. The fourth-order valence-electron chi connectivity index (χ4n) is 2.63. The van der Waals surface area contributed by atoms with E-state index in [1.807, 2.05) is 35.2 Å². The number of likely N-dealkylation sites (tertiary alicyclic amines) is 1. The van der Waals surface area contributed by atoms with Crippen LogP contribution < -0.4 is 0 Å². The van der Waals surface area contributed by atoms with Gasteiger partial charge in [-0.05, 0) is 5.56 Å². The number of hydrogen-bond acceptors (Lipinski definition) is 4. The zero-order valence-corrected chi connectivity index (χ0v) is 11.6. The number of carbonyl (C=O) groups is 1. The summed E-state index contributed by atoms with van der Waals surface area (Å²) in [5.74, 6) is -0.141. The van der Waals surface area contributed by atoms with Crippen molar-refractivity contribution in [3.8, 4) is 6.07 Å². The second-order valence-corrected chi connectivity index (χ2v) is 4.98. The maximum absolute atomic E-state index is 12.1. The molecule has 1 heterocycles. The summed E-state index contributed by atoms with van der Waals surface area (Å²) in [6.45, 7) is 5.31. The lowest BCUT2D eigenvalue weighted by molar-refractivity contribution is -0.146. The predicted molar refractivity (Wildman–Crippen MR) is 75.6 cm³/mol. The monoisotopic (exact) mass is 270 g/mol. The Morgan fingerprint density at radius 3 is 2.85 bits per heavy atom. The van der Waals surface area contributed by atoms with E-state index in [1.165, 1.54) is 7.11 Å². The fraction of sp³-hybridized carbons (Fsp3) is 0.375. The van der Waals surface area contributed by atoms with Crippen LogP contribution in [0.3, 0.4) is 0 Å². The van der Waals surface area contributed by atoms with E-state index in [4.69, 9.17) is 10.00 Å². The van der Waals surface area contributed by atoms with Gasteiger partial charge in [-0.15, -0.1) is 0 Å². The zero-order chi connectivity index (χ0) is 14.5. The predicted octanol–water partition coefficient (Wildman–Crippen LogP) is 2.30. The van der Waals surface area contributed by atoms with Gasteiger partial charge in [-0.25, -0.2) is 4.79 Å². The maximum Gasteiger partial charge on any atom is 0.327 e. The molecule has 1 aromatic rings. The molecule has 2 rings (SSSR count). The molecule has 0 unspecified atom stereocenters. The first kappa shape index (κ1) is 14.3. The van der Waals surface area contributed by atoms with Gasteiger partial charge in [0.2, 0.25) is 0 Å². The van der Waals surface area contributed by atoms with Gasteiger partial charge >= 0.3 is 5.97 Å². The molecule has 1 saturated heterocycles. The van der Waals surface area contributed by atoms with E-state index < -0.39 is 6.04 Å². The number of benzene rings is 1. The normalized spacial score (nSPS) is 20.4. The lowest BCUT2D eigenvalue weighted by Gasteiger charge is -2.25. The molecule has 104 valence electrons. The van der Waals surface area contributed by atoms with E-state index in [2.05, 4.69) is 12.6 Å². The number of nitriles is 1. The molecule has 1 aliphatic rings. The Morgan fingerprint density at radius 2 is 2.25 bits per heavy atom. The molecule has 0 N–H and O–H groups in total. The van der Waals surface area contributed by atoms with Gasteiger partial charge in [0.1, 0.15) is 6.04 Å². The van der Waals surface area contributed by atoms with Crippen molar-refractivity contribution in [2.45, 2.75) is 12.5 Å². The van der Waals surface area contributed by atoms with Crippen LogP contribution in [0.2, 0.25) is 0 Å². The van der Waals surface area contributed by atoms with Crippen molar-refractivity contribution in [3.63, 3.8) is 0 Å². The van der Waals surface area contributed by atoms with Gasteiger partial charge < -0.3 is 4.74 Å². The fourth-order valence-corrected chi connectivity index (χ4v) is 2.63. The van der Waals surface area contributed by atoms with Gasteiger partial charge in [0.05, 0.1) is 13.2 Å². The number of methoxy groups -OCH3 is 1. The van der Waals surface area contributed by atoms with Gasteiger partial charge in [0, 0.05) is 25.4 Å². The molecule has 0 spiro atoms. The molecule has 4 heteroatoms. The smallest absolute Gasteiger partial charge is 0.327 e. The van der Waals surface area contributed by atoms with Crippen molar-refractivity contribution < 1.29 is 9.53 Å². The SMILES string of the molecule is C=C1CN([C@@H](C(=O)OC)c2ccccc2)C[C@H]1CC#N. The van der Waals surface area contributed by atoms with E-state index in [0.717, 1.165) is 11.1 Å². The van der Waals surface area contributed by atoms with E-state index >= 15 is 0 Å². The summed E-state index contributed by atoms with van der Waals surface area (Å²) in [4.78, 5) is 14.1. The van der Waals surface area contributed by atoms with Crippen molar-refractivity contribution in [2.75, 3.05) is 20.2 Å². The molecule has 0 aliphatic carbocycles. The Balaban J connectivity index is 2.24. The van der Waals surface area contributed by atoms with Crippen LogP contribution in [0.1, 0.15) is 18.0 Å². The summed E-state index contributed by atoms with van der Waals surface area (Å²) >= 11 is 0. The van der Waals surface area contributed by atoms with Crippen molar-refractivity contribution in [1.82, 2.24) is 4.90 Å². The van der Waals surface area contributed by atoms with Gasteiger partial charge in [0.15, 0.2) is 0 Å². The first-order chi connectivity index (χ1) is 9.67. The first-order valence-corrected chi connectivity index (χ1v) is 6.58. The van der Waals surface area contributed by atoms with Crippen LogP contribution in [-0.2, 0) is 9.53 Å². The third-order valence-electron chi connectivity index (χ3n) is 3.68. The Hall–Kier alpha value is -2.12. The summed E-state index contributed by atoms with van der Waals surface area (Å²) in [6, 6.07) is 11.3. The average molecular weight is 270 g/mol. The molecule has 0 bridgehead atoms. The quantitative estimate of drug-likeness (QED) is 0.622. The van der Waals surface area contributed by atoms with E-state index in [1.54, 1.807) is 0 Å². The minimum Gasteiger partial charge on any atom is -0.468 e. The summed E-state index contributed by atoms with van der Waals surface area (Å²) < 4.78 is 4.93. The highest BCUT2D eigenvalue weighted by Crippen LogP contribution is 2.32.